The normalized spacial score (nSPS) is 12.8. The van der Waals surface area contributed by atoms with Gasteiger partial charge in [0.15, 0.2) is 0 Å². The van der Waals surface area contributed by atoms with Crippen molar-refractivity contribution in [1.29, 1.82) is 0 Å². The molecule has 0 saturated heterocycles. The van der Waals surface area contributed by atoms with E-state index in [9.17, 15) is 5.11 Å². The van der Waals surface area contributed by atoms with Gasteiger partial charge in [-0.2, -0.15) is 0 Å². The summed E-state index contributed by atoms with van der Waals surface area (Å²) in [5.74, 6) is 1.23. The Hall–Kier alpha value is -1.08. The molecule has 0 amide bonds. The van der Waals surface area contributed by atoms with Crippen molar-refractivity contribution in [3.63, 3.8) is 0 Å². The van der Waals surface area contributed by atoms with Gasteiger partial charge in [-0.1, -0.05) is 44.2 Å². The summed E-state index contributed by atoms with van der Waals surface area (Å²) in [6.45, 7) is 13.0. The second-order valence-corrected chi connectivity index (χ2v) is 5.59. The van der Waals surface area contributed by atoms with Gasteiger partial charge in [-0.3, -0.25) is 0 Å². The summed E-state index contributed by atoms with van der Waals surface area (Å²) in [6, 6.07) is 6.21. The van der Waals surface area contributed by atoms with Crippen LogP contribution in [0.2, 0.25) is 0 Å². The van der Waals surface area contributed by atoms with Crippen LogP contribution in [0.4, 0.5) is 0 Å². The third-order valence-corrected chi connectivity index (χ3v) is 3.89. The standard InChI is InChI=1S/C17H26O/c1-12(2)17(13(3)4)10-9-15-7-6-8-16(11-18)14(15)5/h6-8,13,17-18H,1,9-11H2,2-5H3. The Morgan fingerprint density at radius 2 is 1.89 bits per heavy atom. The Kier molecular flexibility index (Phi) is 5.61. The van der Waals surface area contributed by atoms with E-state index in [1.54, 1.807) is 0 Å². The molecule has 1 atom stereocenters. The fourth-order valence-electron chi connectivity index (χ4n) is 2.64. The summed E-state index contributed by atoms with van der Waals surface area (Å²) < 4.78 is 0. The zero-order chi connectivity index (χ0) is 13.7. The Labute approximate surface area is 112 Å². The van der Waals surface area contributed by atoms with E-state index >= 15 is 0 Å². The molecule has 0 fully saturated rings. The Morgan fingerprint density at radius 3 is 2.39 bits per heavy atom. The summed E-state index contributed by atoms with van der Waals surface area (Å²) in [7, 11) is 0. The van der Waals surface area contributed by atoms with Gasteiger partial charge < -0.3 is 5.11 Å². The quantitative estimate of drug-likeness (QED) is 0.743. The second-order valence-electron chi connectivity index (χ2n) is 5.59. The number of hydrogen-bond acceptors (Lipinski definition) is 1. The minimum atomic E-state index is 0.133. The molecule has 1 aromatic rings. The van der Waals surface area contributed by atoms with Crippen molar-refractivity contribution >= 4 is 0 Å². The topological polar surface area (TPSA) is 20.2 Å². The number of aliphatic hydroxyl groups excluding tert-OH is 1. The van der Waals surface area contributed by atoms with Gasteiger partial charge in [-0.05, 0) is 55.2 Å². The largest absolute Gasteiger partial charge is 0.392 e. The summed E-state index contributed by atoms with van der Waals surface area (Å²) in [5.41, 5.74) is 4.92. The summed E-state index contributed by atoms with van der Waals surface area (Å²) in [5, 5.41) is 9.28. The average molecular weight is 246 g/mol. The average Bonchev–Trinajstić information content (AvgIpc) is 2.30. The van der Waals surface area contributed by atoms with Crippen LogP contribution in [0.1, 0.15) is 43.9 Å². The molecule has 0 aliphatic heterocycles. The number of benzene rings is 1. The van der Waals surface area contributed by atoms with E-state index in [0.29, 0.717) is 11.8 Å². The molecule has 100 valence electrons. The first-order chi connectivity index (χ1) is 8.47. The molecule has 0 heterocycles. The minimum Gasteiger partial charge on any atom is -0.392 e. The SMILES string of the molecule is C=C(C)C(CCc1cccc(CO)c1C)C(C)C. The van der Waals surface area contributed by atoms with E-state index in [2.05, 4.69) is 40.3 Å². The van der Waals surface area contributed by atoms with Crippen molar-refractivity contribution in [1.82, 2.24) is 0 Å². The van der Waals surface area contributed by atoms with Crippen molar-refractivity contribution in [2.75, 3.05) is 0 Å². The number of allylic oxidation sites excluding steroid dienone is 1. The van der Waals surface area contributed by atoms with E-state index < -0.39 is 0 Å². The van der Waals surface area contributed by atoms with Gasteiger partial charge >= 0.3 is 0 Å². The maximum absolute atomic E-state index is 9.28. The highest BCUT2D eigenvalue weighted by atomic mass is 16.3. The lowest BCUT2D eigenvalue weighted by atomic mass is 9.84. The zero-order valence-electron chi connectivity index (χ0n) is 12.2. The van der Waals surface area contributed by atoms with Crippen LogP contribution in [-0.4, -0.2) is 5.11 Å². The molecule has 0 aliphatic rings. The van der Waals surface area contributed by atoms with E-state index in [1.165, 1.54) is 16.7 Å². The molecule has 0 saturated carbocycles. The van der Waals surface area contributed by atoms with E-state index in [-0.39, 0.29) is 6.61 Å². The monoisotopic (exact) mass is 246 g/mol. The van der Waals surface area contributed by atoms with Gasteiger partial charge in [0, 0.05) is 0 Å². The molecule has 0 aromatic heterocycles. The highest BCUT2D eigenvalue weighted by Gasteiger charge is 2.14. The molecule has 0 radical (unpaired) electrons. The first-order valence-corrected chi connectivity index (χ1v) is 6.81. The molecule has 0 bridgehead atoms. The van der Waals surface area contributed by atoms with Crippen molar-refractivity contribution in [2.45, 2.75) is 47.1 Å². The fraction of sp³-hybridized carbons (Fsp3) is 0.529. The van der Waals surface area contributed by atoms with Crippen molar-refractivity contribution < 1.29 is 5.11 Å². The number of aliphatic hydroxyl groups is 1. The predicted molar refractivity (Wildman–Crippen MR) is 78.6 cm³/mol. The maximum atomic E-state index is 9.28. The van der Waals surface area contributed by atoms with E-state index in [1.807, 2.05) is 12.1 Å². The molecule has 18 heavy (non-hydrogen) atoms. The van der Waals surface area contributed by atoms with Crippen LogP contribution in [-0.2, 0) is 13.0 Å². The Bertz CT molecular complexity index is 404. The first kappa shape index (κ1) is 15.0. The zero-order valence-corrected chi connectivity index (χ0v) is 12.2. The number of aryl methyl sites for hydroxylation is 1. The van der Waals surface area contributed by atoms with E-state index in [0.717, 1.165) is 18.4 Å². The van der Waals surface area contributed by atoms with Crippen LogP contribution < -0.4 is 0 Å². The molecule has 1 heteroatoms. The molecule has 1 N–H and O–H groups in total. The van der Waals surface area contributed by atoms with Crippen LogP contribution in [0.5, 0.6) is 0 Å². The molecule has 1 unspecified atom stereocenters. The van der Waals surface area contributed by atoms with E-state index in [4.69, 9.17) is 0 Å². The van der Waals surface area contributed by atoms with Crippen LogP contribution in [0.15, 0.2) is 30.4 Å². The molecule has 1 nitrogen and oxygen atoms in total. The van der Waals surface area contributed by atoms with Crippen molar-refractivity contribution in [2.24, 2.45) is 11.8 Å². The van der Waals surface area contributed by atoms with Crippen LogP contribution in [0.25, 0.3) is 0 Å². The highest BCUT2D eigenvalue weighted by Crippen LogP contribution is 2.26. The highest BCUT2D eigenvalue weighted by molar-refractivity contribution is 5.33. The molecular formula is C17H26O. The molecule has 0 aliphatic carbocycles. The van der Waals surface area contributed by atoms with Crippen LogP contribution in [0, 0.1) is 18.8 Å². The predicted octanol–water partition coefficient (Wildman–Crippen LogP) is 4.27. The number of hydrogen-bond donors (Lipinski definition) is 1. The second kappa shape index (κ2) is 6.75. The Balaban J connectivity index is 2.76. The summed E-state index contributed by atoms with van der Waals surface area (Å²) in [4.78, 5) is 0. The smallest absolute Gasteiger partial charge is 0.0684 e. The first-order valence-electron chi connectivity index (χ1n) is 6.81. The van der Waals surface area contributed by atoms with Gasteiger partial charge in [0.2, 0.25) is 0 Å². The third-order valence-electron chi connectivity index (χ3n) is 3.89. The third kappa shape index (κ3) is 3.71. The maximum Gasteiger partial charge on any atom is 0.0684 e. The lowest BCUT2D eigenvalue weighted by Gasteiger charge is -2.21. The molecule has 1 aromatic carbocycles. The van der Waals surface area contributed by atoms with Gasteiger partial charge in [-0.25, -0.2) is 0 Å². The fourth-order valence-corrected chi connectivity index (χ4v) is 2.64. The van der Waals surface area contributed by atoms with Gasteiger partial charge in [0.25, 0.3) is 0 Å². The van der Waals surface area contributed by atoms with Gasteiger partial charge in [0.05, 0.1) is 6.61 Å². The van der Waals surface area contributed by atoms with Gasteiger partial charge in [-0.15, -0.1) is 0 Å². The lowest BCUT2D eigenvalue weighted by Crippen LogP contribution is -2.11. The minimum absolute atomic E-state index is 0.133. The number of rotatable bonds is 6. The summed E-state index contributed by atoms with van der Waals surface area (Å²) >= 11 is 0. The molecule has 0 spiro atoms. The lowest BCUT2D eigenvalue weighted by molar-refractivity contribution is 0.281. The Morgan fingerprint density at radius 1 is 1.28 bits per heavy atom. The summed E-state index contributed by atoms with van der Waals surface area (Å²) in [6.07, 6.45) is 2.21. The molecule has 1 rings (SSSR count). The molecular weight excluding hydrogens is 220 g/mol. The van der Waals surface area contributed by atoms with Crippen molar-refractivity contribution in [3.8, 4) is 0 Å². The van der Waals surface area contributed by atoms with Crippen LogP contribution >= 0.6 is 0 Å². The van der Waals surface area contributed by atoms with Crippen LogP contribution in [0.3, 0.4) is 0 Å². The van der Waals surface area contributed by atoms with Gasteiger partial charge in [0.1, 0.15) is 0 Å². The van der Waals surface area contributed by atoms with Crippen molar-refractivity contribution in [3.05, 3.63) is 47.0 Å².